The van der Waals surface area contributed by atoms with Gasteiger partial charge in [-0.3, -0.25) is 4.40 Å². The number of benzene rings is 2. The molecule has 0 saturated heterocycles. The Kier molecular flexibility index (Phi) is 3.47. The van der Waals surface area contributed by atoms with Crippen molar-refractivity contribution in [2.45, 2.75) is 0 Å². The van der Waals surface area contributed by atoms with Crippen LogP contribution in [0.5, 0.6) is 0 Å². The number of nitrogens with zero attached hydrogens (tertiary/aromatic N) is 3. The van der Waals surface area contributed by atoms with Gasteiger partial charge in [0.2, 0.25) is 0 Å². The molecule has 0 saturated carbocycles. The van der Waals surface area contributed by atoms with Crippen molar-refractivity contribution in [1.82, 2.24) is 14.4 Å². The Hall–Kier alpha value is -3.17. The maximum Gasteiger partial charge on any atom is 0.147 e. The van der Waals surface area contributed by atoms with Crippen LogP contribution >= 0.6 is 11.6 Å². The molecule has 3 heterocycles. The van der Waals surface area contributed by atoms with E-state index >= 15 is 0 Å². The highest BCUT2D eigenvalue weighted by atomic mass is 35.5. The van der Waals surface area contributed by atoms with Crippen molar-refractivity contribution < 1.29 is 0 Å². The number of imidazole rings is 1. The van der Waals surface area contributed by atoms with Crippen LogP contribution in [0.4, 0.5) is 0 Å². The van der Waals surface area contributed by atoms with Gasteiger partial charge in [-0.15, -0.1) is 0 Å². The molecule has 5 rings (SSSR count). The number of hydrogen-bond acceptors (Lipinski definition) is 2. The molecule has 3 aromatic heterocycles. The van der Waals surface area contributed by atoms with E-state index in [9.17, 15) is 0 Å². The van der Waals surface area contributed by atoms with Crippen molar-refractivity contribution in [3.05, 3.63) is 90.2 Å². The van der Waals surface area contributed by atoms with Gasteiger partial charge in [0, 0.05) is 33.9 Å². The van der Waals surface area contributed by atoms with Crippen molar-refractivity contribution in [1.29, 1.82) is 0 Å². The molecule has 0 fully saturated rings. The summed E-state index contributed by atoms with van der Waals surface area (Å²) in [6, 6.07) is 24.2. The maximum atomic E-state index is 6.07. The summed E-state index contributed by atoms with van der Waals surface area (Å²) in [5, 5.41) is 1.79. The third-order valence-corrected chi connectivity index (χ3v) is 4.77. The fourth-order valence-corrected chi connectivity index (χ4v) is 3.39. The third kappa shape index (κ3) is 2.45. The fraction of sp³-hybridized carbons (Fsp3) is 0. The zero-order valence-electron chi connectivity index (χ0n) is 13.8. The Morgan fingerprint density at radius 1 is 0.769 bits per heavy atom. The van der Waals surface area contributed by atoms with Crippen molar-refractivity contribution >= 4 is 28.3 Å². The maximum absolute atomic E-state index is 6.07. The first-order valence-electron chi connectivity index (χ1n) is 8.38. The second-order valence-electron chi connectivity index (χ2n) is 6.17. The lowest BCUT2D eigenvalue weighted by molar-refractivity contribution is 1.19. The lowest BCUT2D eigenvalue weighted by Gasteiger charge is -2.07. The molecule has 4 heteroatoms. The highest BCUT2D eigenvalue weighted by molar-refractivity contribution is 6.30. The van der Waals surface area contributed by atoms with Gasteiger partial charge in [0.15, 0.2) is 0 Å². The van der Waals surface area contributed by atoms with Crippen LogP contribution in [0, 0.1) is 0 Å². The predicted molar refractivity (Wildman–Crippen MR) is 106 cm³/mol. The minimum absolute atomic E-state index is 0.723. The number of hydrogen-bond donors (Lipinski definition) is 0. The van der Waals surface area contributed by atoms with E-state index in [0.717, 1.165) is 44.1 Å². The molecule has 26 heavy (non-hydrogen) atoms. The van der Waals surface area contributed by atoms with E-state index in [2.05, 4.69) is 39.8 Å². The van der Waals surface area contributed by atoms with Crippen molar-refractivity contribution in [3.8, 4) is 22.4 Å². The van der Waals surface area contributed by atoms with E-state index in [1.54, 1.807) is 0 Å². The molecule has 0 spiro atoms. The third-order valence-electron chi connectivity index (χ3n) is 4.52. The van der Waals surface area contributed by atoms with Crippen LogP contribution in [0.15, 0.2) is 85.2 Å². The van der Waals surface area contributed by atoms with Gasteiger partial charge in [0.05, 0.1) is 5.69 Å². The number of fused-ring (bicyclic) bond motifs is 3. The van der Waals surface area contributed by atoms with Gasteiger partial charge in [-0.05, 0) is 35.9 Å². The summed E-state index contributed by atoms with van der Waals surface area (Å²) in [6.45, 7) is 0. The monoisotopic (exact) mass is 355 g/mol. The summed E-state index contributed by atoms with van der Waals surface area (Å²) in [7, 11) is 0. The second kappa shape index (κ2) is 5.97. The Morgan fingerprint density at radius 2 is 1.58 bits per heavy atom. The number of aromatic nitrogens is 3. The van der Waals surface area contributed by atoms with Crippen LogP contribution in [0.1, 0.15) is 0 Å². The molecule has 0 radical (unpaired) electrons. The minimum Gasteiger partial charge on any atom is -0.283 e. The van der Waals surface area contributed by atoms with Gasteiger partial charge in [-0.1, -0.05) is 54.1 Å². The molecule has 2 aromatic carbocycles. The summed E-state index contributed by atoms with van der Waals surface area (Å²) in [6.07, 6.45) is 3.87. The Balaban J connectivity index is 1.85. The van der Waals surface area contributed by atoms with Crippen LogP contribution < -0.4 is 0 Å². The lowest BCUT2D eigenvalue weighted by atomic mass is 10.1. The van der Waals surface area contributed by atoms with E-state index in [1.807, 2.05) is 54.7 Å². The second-order valence-corrected chi connectivity index (χ2v) is 6.60. The summed E-state index contributed by atoms with van der Waals surface area (Å²) >= 11 is 6.07. The molecule has 0 aliphatic heterocycles. The normalized spacial score (nSPS) is 11.3. The van der Waals surface area contributed by atoms with Crippen molar-refractivity contribution in [2.75, 3.05) is 0 Å². The summed E-state index contributed by atoms with van der Waals surface area (Å²) in [5.41, 5.74) is 5.94. The first-order valence-corrected chi connectivity index (χ1v) is 8.75. The van der Waals surface area contributed by atoms with E-state index in [0.29, 0.717) is 0 Å². The van der Waals surface area contributed by atoms with E-state index in [4.69, 9.17) is 16.6 Å². The summed E-state index contributed by atoms with van der Waals surface area (Å²) in [4.78, 5) is 9.49. The zero-order chi connectivity index (χ0) is 17.5. The fourth-order valence-electron chi connectivity index (χ4n) is 3.26. The lowest BCUT2D eigenvalue weighted by Crippen LogP contribution is -1.93. The minimum atomic E-state index is 0.723. The topological polar surface area (TPSA) is 30.2 Å². The first kappa shape index (κ1) is 15.1. The predicted octanol–water partition coefficient (Wildman–Crippen LogP) is 5.87. The van der Waals surface area contributed by atoms with Crippen LogP contribution in [-0.4, -0.2) is 14.4 Å². The van der Waals surface area contributed by atoms with E-state index in [1.165, 1.54) is 0 Å². The van der Waals surface area contributed by atoms with Gasteiger partial charge in [-0.2, -0.15) is 0 Å². The molecule has 124 valence electrons. The zero-order valence-corrected chi connectivity index (χ0v) is 14.6. The molecular weight excluding hydrogens is 342 g/mol. The average molecular weight is 356 g/mol. The first-order chi connectivity index (χ1) is 12.8. The summed E-state index contributed by atoms with van der Waals surface area (Å²) in [5.74, 6) is 0. The molecule has 0 aliphatic carbocycles. The molecule has 0 amide bonds. The Bertz CT molecular complexity index is 1230. The Labute approximate surface area is 155 Å². The number of pyridine rings is 2. The standard InChI is InChI=1S/C22H14ClN3/c23-18-10-8-15(9-11-18)19-13-17-7-4-12-24-21(17)26-14-20(25-22(19)26)16-5-2-1-3-6-16/h1-14H. The van der Waals surface area contributed by atoms with Gasteiger partial charge >= 0.3 is 0 Å². The number of rotatable bonds is 2. The summed E-state index contributed by atoms with van der Waals surface area (Å²) < 4.78 is 2.07. The smallest absolute Gasteiger partial charge is 0.147 e. The van der Waals surface area contributed by atoms with Crippen LogP contribution in [-0.2, 0) is 0 Å². The molecule has 0 aliphatic rings. The molecular formula is C22H14ClN3. The van der Waals surface area contributed by atoms with Gasteiger partial charge < -0.3 is 0 Å². The molecule has 3 nitrogen and oxygen atoms in total. The van der Waals surface area contributed by atoms with Crippen LogP contribution in [0.2, 0.25) is 5.02 Å². The molecule has 0 N–H and O–H groups in total. The molecule has 0 unspecified atom stereocenters. The highest BCUT2D eigenvalue weighted by Crippen LogP contribution is 2.31. The largest absolute Gasteiger partial charge is 0.283 e. The average Bonchev–Trinajstić information content (AvgIpc) is 3.14. The molecule has 5 aromatic rings. The number of halogens is 1. The van der Waals surface area contributed by atoms with Crippen LogP contribution in [0.3, 0.4) is 0 Å². The Morgan fingerprint density at radius 3 is 2.38 bits per heavy atom. The van der Waals surface area contributed by atoms with Crippen molar-refractivity contribution in [3.63, 3.8) is 0 Å². The SMILES string of the molecule is Clc1ccc(-c2cc3cccnc3n3cc(-c4ccccc4)nc23)cc1. The van der Waals surface area contributed by atoms with E-state index < -0.39 is 0 Å². The van der Waals surface area contributed by atoms with Gasteiger partial charge in [-0.25, -0.2) is 9.97 Å². The van der Waals surface area contributed by atoms with Gasteiger partial charge in [0.1, 0.15) is 11.3 Å². The van der Waals surface area contributed by atoms with E-state index in [-0.39, 0.29) is 0 Å². The molecule has 0 atom stereocenters. The highest BCUT2D eigenvalue weighted by Gasteiger charge is 2.13. The van der Waals surface area contributed by atoms with Crippen molar-refractivity contribution in [2.24, 2.45) is 0 Å². The quantitative estimate of drug-likeness (QED) is 0.396. The van der Waals surface area contributed by atoms with Crippen LogP contribution in [0.25, 0.3) is 39.1 Å². The van der Waals surface area contributed by atoms with Gasteiger partial charge in [0.25, 0.3) is 0 Å². The molecule has 0 bridgehead atoms.